The van der Waals surface area contributed by atoms with Crippen LogP contribution in [-0.2, 0) is 0 Å². The van der Waals surface area contributed by atoms with Crippen LogP contribution >= 0.6 is 0 Å². The average molecular weight is 308 g/mol. The molecule has 2 aliphatic heterocycles. The predicted molar refractivity (Wildman–Crippen MR) is 90.5 cm³/mol. The summed E-state index contributed by atoms with van der Waals surface area (Å²) in [5.74, 6) is 0.887. The number of hydrogen-bond acceptors (Lipinski definition) is 4. The minimum atomic E-state index is 0.316. The first-order valence-corrected chi connectivity index (χ1v) is 8.31. The normalized spacial score (nSPS) is 24.3. The van der Waals surface area contributed by atoms with Crippen LogP contribution in [0.2, 0.25) is 0 Å². The minimum Gasteiger partial charge on any atom is -0.369 e. The number of anilines is 1. The smallest absolute Gasteiger partial charge is 0.140 e. The summed E-state index contributed by atoms with van der Waals surface area (Å²) in [4.78, 5) is 17.9. The van der Waals surface area contributed by atoms with Gasteiger partial charge in [-0.25, -0.2) is 9.97 Å². The molecule has 3 N–H and O–H groups in total. The monoisotopic (exact) mass is 308 g/mol. The Bertz CT molecular complexity index is 828. The van der Waals surface area contributed by atoms with Crippen molar-refractivity contribution in [2.75, 3.05) is 24.5 Å². The van der Waals surface area contributed by atoms with E-state index in [1.165, 1.54) is 24.9 Å². The summed E-state index contributed by atoms with van der Waals surface area (Å²) in [5, 5.41) is 4.90. The lowest BCUT2D eigenvalue weighted by molar-refractivity contribution is 0.419. The Morgan fingerprint density at radius 2 is 2.13 bits per heavy atom. The second-order valence-electron chi connectivity index (χ2n) is 6.68. The van der Waals surface area contributed by atoms with E-state index in [0.29, 0.717) is 5.54 Å². The third-order valence-corrected chi connectivity index (χ3v) is 5.33. The Morgan fingerprint density at radius 1 is 1.13 bits per heavy atom. The summed E-state index contributed by atoms with van der Waals surface area (Å²) in [6, 6.07) is 2.14. The number of hydrogen-bond donors (Lipinski definition) is 3. The Kier molecular flexibility index (Phi) is 2.76. The van der Waals surface area contributed by atoms with Gasteiger partial charge in [0.15, 0.2) is 0 Å². The standard InChI is InChI=1S/C17H20N6/c1-3-17(22-5-1)4-9-23(11-17)13-2-6-18-16-14(13)12(10-21-16)15-19-7-8-20-15/h2,6-8,10,22H,1,3-5,9,11H2,(H,18,21)(H,19,20)/t17-/m0/s1. The molecule has 6 heteroatoms. The molecule has 0 aromatic carbocycles. The second kappa shape index (κ2) is 4.83. The summed E-state index contributed by atoms with van der Waals surface area (Å²) < 4.78 is 0. The number of aromatic amines is 2. The molecule has 5 rings (SSSR count). The first-order valence-electron chi connectivity index (χ1n) is 8.31. The van der Waals surface area contributed by atoms with Gasteiger partial charge < -0.3 is 20.2 Å². The van der Waals surface area contributed by atoms with Gasteiger partial charge in [0.25, 0.3) is 0 Å². The highest BCUT2D eigenvalue weighted by Crippen LogP contribution is 2.38. The molecular weight excluding hydrogens is 288 g/mol. The maximum absolute atomic E-state index is 4.49. The lowest BCUT2D eigenvalue weighted by Crippen LogP contribution is -2.42. The molecule has 3 aromatic heterocycles. The van der Waals surface area contributed by atoms with Crippen LogP contribution in [0.25, 0.3) is 22.4 Å². The second-order valence-corrected chi connectivity index (χ2v) is 6.68. The summed E-state index contributed by atoms with van der Waals surface area (Å²) >= 11 is 0. The van der Waals surface area contributed by atoms with Gasteiger partial charge in [0.1, 0.15) is 11.5 Å². The summed E-state index contributed by atoms with van der Waals surface area (Å²) in [7, 11) is 0. The van der Waals surface area contributed by atoms with E-state index in [9.17, 15) is 0 Å². The highest BCUT2D eigenvalue weighted by Gasteiger charge is 2.40. The van der Waals surface area contributed by atoms with E-state index in [0.717, 1.165) is 42.1 Å². The van der Waals surface area contributed by atoms with Gasteiger partial charge in [-0.05, 0) is 31.9 Å². The molecule has 118 valence electrons. The Morgan fingerprint density at radius 3 is 2.96 bits per heavy atom. The number of fused-ring (bicyclic) bond motifs is 1. The van der Waals surface area contributed by atoms with Crippen LogP contribution in [0.5, 0.6) is 0 Å². The lowest BCUT2D eigenvalue weighted by Gasteiger charge is -2.25. The molecule has 2 fully saturated rings. The molecule has 2 saturated heterocycles. The minimum absolute atomic E-state index is 0.316. The molecular formula is C17H20N6. The van der Waals surface area contributed by atoms with Crippen molar-refractivity contribution in [3.05, 3.63) is 30.9 Å². The summed E-state index contributed by atoms with van der Waals surface area (Å²) in [6.07, 6.45) is 11.3. The Hall–Kier alpha value is -2.34. The highest BCUT2D eigenvalue weighted by atomic mass is 15.2. The van der Waals surface area contributed by atoms with Crippen LogP contribution < -0.4 is 10.2 Å². The number of nitrogens with zero attached hydrogens (tertiary/aromatic N) is 3. The molecule has 0 unspecified atom stereocenters. The first kappa shape index (κ1) is 13.1. The van der Waals surface area contributed by atoms with E-state index in [1.807, 2.05) is 18.6 Å². The van der Waals surface area contributed by atoms with Crippen molar-refractivity contribution in [2.24, 2.45) is 0 Å². The molecule has 0 radical (unpaired) electrons. The molecule has 3 aromatic rings. The zero-order valence-electron chi connectivity index (χ0n) is 13.0. The van der Waals surface area contributed by atoms with E-state index in [4.69, 9.17) is 0 Å². The van der Waals surface area contributed by atoms with Gasteiger partial charge in [0.05, 0.1) is 11.1 Å². The van der Waals surface area contributed by atoms with Crippen molar-refractivity contribution in [1.29, 1.82) is 0 Å². The van der Waals surface area contributed by atoms with Crippen molar-refractivity contribution >= 4 is 16.7 Å². The van der Waals surface area contributed by atoms with E-state index in [2.05, 4.69) is 36.2 Å². The molecule has 1 spiro atoms. The van der Waals surface area contributed by atoms with Gasteiger partial charge >= 0.3 is 0 Å². The first-order chi connectivity index (χ1) is 11.3. The van der Waals surface area contributed by atoms with Gasteiger partial charge in [-0.1, -0.05) is 0 Å². The van der Waals surface area contributed by atoms with Crippen LogP contribution in [-0.4, -0.2) is 45.1 Å². The number of rotatable bonds is 2. The Labute approximate surface area is 134 Å². The van der Waals surface area contributed by atoms with Crippen molar-refractivity contribution in [1.82, 2.24) is 25.3 Å². The molecule has 23 heavy (non-hydrogen) atoms. The third-order valence-electron chi connectivity index (χ3n) is 5.33. The van der Waals surface area contributed by atoms with Gasteiger partial charge in [-0.15, -0.1) is 0 Å². The fraction of sp³-hybridized carbons (Fsp3) is 0.412. The number of nitrogens with one attached hydrogen (secondary N) is 3. The van der Waals surface area contributed by atoms with Gasteiger partial charge in [-0.3, -0.25) is 0 Å². The molecule has 0 bridgehead atoms. The summed E-state index contributed by atoms with van der Waals surface area (Å²) in [6.45, 7) is 3.32. The number of imidazole rings is 1. The molecule has 2 aliphatic rings. The maximum Gasteiger partial charge on any atom is 0.140 e. The van der Waals surface area contributed by atoms with Crippen LogP contribution in [0.15, 0.2) is 30.9 Å². The van der Waals surface area contributed by atoms with Gasteiger partial charge in [-0.2, -0.15) is 0 Å². The largest absolute Gasteiger partial charge is 0.369 e. The van der Waals surface area contributed by atoms with Crippen molar-refractivity contribution in [2.45, 2.75) is 24.8 Å². The van der Waals surface area contributed by atoms with E-state index in [1.54, 1.807) is 6.20 Å². The van der Waals surface area contributed by atoms with Crippen LogP contribution in [0.1, 0.15) is 19.3 Å². The maximum atomic E-state index is 4.49. The lowest BCUT2D eigenvalue weighted by atomic mass is 9.97. The molecule has 0 aliphatic carbocycles. The van der Waals surface area contributed by atoms with Gasteiger partial charge in [0, 0.05) is 49.0 Å². The van der Waals surface area contributed by atoms with E-state index >= 15 is 0 Å². The topological polar surface area (TPSA) is 72.6 Å². The molecule has 5 heterocycles. The molecule has 1 atom stereocenters. The summed E-state index contributed by atoms with van der Waals surface area (Å²) in [5.41, 5.74) is 3.59. The highest BCUT2D eigenvalue weighted by molar-refractivity contribution is 6.01. The average Bonchev–Trinajstić information content (AvgIpc) is 3.36. The number of aromatic nitrogens is 4. The number of H-pyrrole nitrogens is 2. The number of pyridine rings is 1. The van der Waals surface area contributed by atoms with E-state index in [-0.39, 0.29) is 0 Å². The van der Waals surface area contributed by atoms with E-state index < -0.39 is 0 Å². The van der Waals surface area contributed by atoms with Crippen LogP contribution in [0.3, 0.4) is 0 Å². The fourth-order valence-corrected chi connectivity index (χ4v) is 4.20. The quantitative estimate of drug-likeness (QED) is 0.679. The van der Waals surface area contributed by atoms with Gasteiger partial charge in [0.2, 0.25) is 0 Å². The molecule has 0 amide bonds. The van der Waals surface area contributed by atoms with Crippen molar-refractivity contribution < 1.29 is 0 Å². The fourth-order valence-electron chi connectivity index (χ4n) is 4.20. The zero-order valence-corrected chi connectivity index (χ0v) is 13.0. The predicted octanol–water partition coefficient (Wildman–Crippen LogP) is 2.29. The third kappa shape index (κ3) is 1.98. The Balaban J connectivity index is 1.60. The van der Waals surface area contributed by atoms with Crippen molar-refractivity contribution in [3.63, 3.8) is 0 Å². The molecule has 0 saturated carbocycles. The van der Waals surface area contributed by atoms with Crippen molar-refractivity contribution in [3.8, 4) is 11.4 Å². The SMILES string of the molecule is c1c[nH]c(-c2c[nH]c3nccc(N4CC[C@@]5(CCCN5)C4)c23)n1. The van der Waals surface area contributed by atoms with Crippen LogP contribution in [0, 0.1) is 0 Å². The van der Waals surface area contributed by atoms with Crippen LogP contribution in [0.4, 0.5) is 5.69 Å². The molecule has 6 nitrogen and oxygen atoms in total. The zero-order chi connectivity index (χ0) is 15.3.